The Balaban J connectivity index is 1.38. The Hall–Kier alpha value is -4.12. The van der Waals surface area contributed by atoms with Crippen LogP contribution in [-0.4, -0.2) is 69.0 Å². The molecular weight excluding hydrogens is 493 g/mol. The standard InChI is InChI=1S/C27H32FN5O5/c1-32-11-5-6-18(16-32)17-37-24-8-7-19(12-23(24)28)30-26-29-10-9-25(31-26)33(2)27(34)38-22-14-20(35-3)13-21(15-22)36-4/h7-10,12-15,18H,5-6,11,16-17H2,1-4H3,(H,29,30,31). The van der Waals surface area contributed by atoms with E-state index in [0.717, 1.165) is 25.9 Å². The normalized spacial score (nSPS) is 15.4. The third-order valence-corrected chi connectivity index (χ3v) is 6.17. The van der Waals surface area contributed by atoms with E-state index in [4.69, 9.17) is 18.9 Å². The maximum absolute atomic E-state index is 14.7. The predicted octanol–water partition coefficient (Wildman–Crippen LogP) is 4.73. The third-order valence-electron chi connectivity index (χ3n) is 6.17. The molecule has 2 heterocycles. The van der Waals surface area contributed by atoms with Gasteiger partial charge in [0.05, 0.1) is 20.8 Å². The smallest absolute Gasteiger partial charge is 0.420 e. The number of nitrogens with one attached hydrogen (secondary N) is 1. The lowest BCUT2D eigenvalue weighted by atomic mass is 10.00. The van der Waals surface area contributed by atoms with E-state index in [1.165, 1.54) is 38.4 Å². The summed E-state index contributed by atoms with van der Waals surface area (Å²) in [5.41, 5.74) is 0.443. The van der Waals surface area contributed by atoms with E-state index in [2.05, 4.69) is 27.2 Å². The molecule has 1 fully saturated rings. The number of hydrogen-bond donors (Lipinski definition) is 1. The van der Waals surface area contributed by atoms with E-state index in [9.17, 15) is 9.18 Å². The molecule has 38 heavy (non-hydrogen) atoms. The molecule has 0 spiro atoms. The lowest BCUT2D eigenvalue weighted by Gasteiger charge is -2.29. The van der Waals surface area contributed by atoms with Crippen molar-refractivity contribution in [2.24, 2.45) is 5.92 Å². The molecule has 1 saturated heterocycles. The SMILES string of the molecule is COc1cc(OC)cc(OC(=O)N(C)c2ccnc(Nc3ccc(OCC4CCCN(C)C4)c(F)c3)n2)c1. The van der Waals surface area contributed by atoms with Crippen molar-refractivity contribution in [3.63, 3.8) is 0 Å². The van der Waals surface area contributed by atoms with E-state index in [1.54, 1.807) is 36.4 Å². The zero-order valence-electron chi connectivity index (χ0n) is 21.9. The van der Waals surface area contributed by atoms with Crippen LogP contribution in [0.15, 0.2) is 48.7 Å². The fraction of sp³-hybridized carbons (Fsp3) is 0.370. The Labute approximate surface area is 221 Å². The van der Waals surface area contributed by atoms with Crippen molar-refractivity contribution in [1.82, 2.24) is 14.9 Å². The Kier molecular flexibility index (Phi) is 8.80. The first kappa shape index (κ1) is 26.9. The molecule has 11 heteroatoms. The second-order valence-corrected chi connectivity index (χ2v) is 9.07. The number of aromatic nitrogens is 2. The number of amides is 1. The van der Waals surface area contributed by atoms with Crippen molar-refractivity contribution in [3.8, 4) is 23.0 Å². The monoisotopic (exact) mass is 525 g/mol. The van der Waals surface area contributed by atoms with E-state index in [-0.39, 0.29) is 23.3 Å². The van der Waals surface area contributed by atoms with Crippen LogP contribution in [0.25, 0.3) is 0 Å². The Morgan fingerprint density at radius 2 is 1.87 bits per heavy atom. The molecule has 1 unspecified atom stereocenters. The molecule has 0 aliphatic carbocycles. The minimum Gasteiger partial charge on any atom is -0.496 e. The molecule has 1 amide bonds. The average Bonchev–Trinajstić information content (AvgIpc) is 2.92. The second-order valence-electron chi connectivity index (χ2n) is 9.07. The second kappa shape index (κ2) is 12.4. The number of ether oxygens (including phenoxy) is 4. The molecule has 0 saturated carbocycles. The molecule has 1 aliphatic rings. The van der Waals surface area contributed by atoms with Gasteiger partial charge in [-0.15, -0.1) is 0 Å². The number of methoxy groups -OCH3 is 2. The van der Waals surface area contributed by atoms with E-state index in [0.29, 0.717) is 29.7 Å². The van der Waals surface area contributed by atoms with Crippen LogP contribution in [0, 0.1) is 11.7 Å². The molecule has 4 rings (SSSR count). The lowest BCUT2D eigenvalue weighted by Crippen LogP contribution is -2.34. The van der Waals surface area contributed by atoms with Gasteiger partial charge in [0.15, 0.2) is 11.6 Å². The maximum Gasteiger partial charge on any atom is 0.420 e. The molecule has 1 aromatic heterocycles. The molecule has 10 nitrogen and oxygen atoms in total. The van der Waals surface area contributed by atoms with E-state index < -0.39 is 11.9 Å². The largest absolute Gasteiger partial charge is 0.496 e. The molecule has 1 atom stereocenters. The van der Waals surface area contributed by atoms with Crippen LogP contribution in [0.2, 0.25) is 0 Å². The third kappa shape index (κ3) is 7.00. The molecule has 1 aliphatic heterocycles. The van der Waals surface area contributed by atoms with Gasteiger partial charge in [0.25, 0.3) is 0 Å². The first-order chi connectivity index (χ1) is 18.3. The topological polar surface area (TPSA) is 98.3 Å². The highest BCUT2D eigenvalue weighted by Gasteiger charge is 2.19. The average molecular weight is 526 g/mol. The first-order valence-electron chi connectivity index (χ1n) is 12.2. The van der Waals surface area contributed by atoms with Gasteiger partial charge in [0.2, 0.25) is 5.95 Å². The summed E-state index contributed by atoms with van der Waals surface area (Å²) in [5.74, 6) is 1.78. The highest BCUT2D eigenvalue weighted by atomic mass is 19.1. The molecular formula is C27H32FN5O5. The summed E-state index contributed by atoms with van der Waals surface area (Å²) in [6.07, 6.45) is 3.01. The number of benzene rings is 2. The number of anilines is 3. The van der Waals surface area contributed by atoms with Gasteiger partial charge in [0, 0.05) is 55.7 Å². The van der Waals surface area contributed by atoms with Crippen LogP contribution in [0.5, 0.6) is 23.0 Å². The summed E-state index contributed by atoms with van der Waals surface area (Å²) >= 11 is 0. The van der Waals surface area contributed by atoms with Crippen molar-refractivity contribution in [2.45, 2.75) is 12.8 Å². The minimum atomic E-state index is -0.679. The van der Waals surface area contributed by atoms with Gasteiger partial charge in [-0.05, 0) is 44.6 Å². The van der Waals surface area contributed by atoms with Crippen LogP contribution in [0.4, 0.5) is 26.6 Å². The summed E-state index contributed by atoms with van der Waals surface area (Å²) in [4.78, 5) is 24.7. The Morgan fingerprint density at radius 3 is 2.55 bits per heavy atom. The number of carbonyl (C=O) groups is 1. The van der Waals surface area contributed by atoms with Gasteiger partial charge in [0.1, 0.15) is 23.1 Å². The molecule has 202 valence electrons. The lowest BCUT2D eigenvalue weighted by molar-refractivity contribution is 0.147. The predicted molar refractivity (Wildman–Crippen MR) is 141 cm³/mol. The first-order valence-corrected chi connectivity index (χ1v) is 12.2. The number of halogens is 1. The zero-order valence-corrected chi connectivity index (χ0v) is 21.9. The Morgan fingerprint density at radius 1 is 1.13 bits per heavy atom. The quantitative estimate of drug-likeness (QED) is 0.425. The van der Waals surface area contributed by atoms with Crippen LogP contribution in [0.1, 0.15) is 12.8 Å². The summed E-state index contributed by atoms with van der Waals surface area (Å²) in [5, 5.41) is 2.96. The van der Waals surface area contributed by atoms with Gasteiger partial charge in [-0.25, -0.2) is 14.2 Å². The highest BCUT2D eigenvalue weighted by Crippen LogP contribution is 2.28. The van der Waals surface area contributed by atoms with Gasteiger partial charge in [-0.3, -0.25) is 4.90 Å². The van der Waals surface area contributed by atoms with E-state index >= 15 is 0 Å². The molecule has 1 N–H and O–H groups in total. The van der Waals surface area contributed by atoms with Gasteiger partial charge in [-0.1, -0.05) is 0 Å². The number of piperidine rings is 1. The molecule has 0 radical (unpaired) electrons. The van der Waals surface area contributed by atoms with E-state index in [1.807, 2.05) is 0 Å². The number of nitrogens with zero attached hydrogens (tertiary/aromatic N) is 4. The summed E-state index contributed by atoms with van der Waals surface area (Å²) in [6.45, 7) is 2.51. The van der Waals surface area contributed by atoms with Gasteiger partial charge >= 0.3 is 6.09 Å². The molecule has 0 bridgehead atoms. The molecule has 3 aromatic rings. The number of rotatable bonds is 9. The van der Waals surface area contributed by atoms with Crippen molar-refractivity contribution in [3.05, 3.63) is 54.5 Å². The van der Waals surface area contributed by atoms with Gasteiger partial charge in [-0.2, -0.15) is 4.98 Å². The van der Waals surface area contributed by atoms with Crippen molar-refractivity contribution < 1.29 is 28.1 Å². The number of hydrogen-bond acceptors (Lipinski definition) is 9. The van der Waals surface area contributed by atoms with Gasteiger partial charge < -0.3 is 29.2 Å². The minimum absolute atomic E-state index is 0.184. The van der Waals surface area contributed by atoms with Crippen LogP contribution in [0.3, 0.4) is 0 Å². The Bertz CT molecular complexity index is 1240. The van der Waals surface area contributed by atoms with Crippen molar-refractivity contribution in [2.75, 3.05) is 58.2 Å². The highest BCUT2D eigenvalue weighted by molar-refractivity contribution is 5.87. The summed E-state index contributed by atoms with van der Waals surface area (Å²) < 4.78 is 36.3. The summed E-state index contributed by atoms with van der Waals surface area (Å²) in [6, 6.07) is 11.0. The summed E-state index contributed by atoms with van der Waals surface area (Å²) in [7, 11) is 6.61. The fourth-order valence-corrected chi connectivity index (χ4v) is 4.14. The van der Waals surface area contributed by atoms with Crippen molar-refractivity contribution >= 4 is 23.5 Å². The van der Waals surface area contributed by atoms with Crippen LogP contribution >= 0.6 is 0 Å². The zero-order chi connectivity index (χ0) is 27.1. The molecule has 2 aromatic carbocycles. The fourth-order valence-electron chi connectivity index (χ4n) is 4.14. The number of carbonyl (C=O) groups excluding carboxylic acids is 1. The van der Waals surface area contributed by atoms with Crippen LogP contribution < -0.4 is 29.2 Å². The van der Waals surface area contributed by atoms with Crippen molar-refractivity contribution in [1.29, 1.82) is 0 Å². The maximum atomic E-state index is 14.7. The van der Waals surface area contributed by atoms with Crippen LogP contribution in [-0.2, 0) is 0 Å². The number of likely N-dealkylation sites (tertiary alicyclic amines) is 1.